The molecule has 0 rings (SSSR count). The van der Waals surface area contributed by atoms with E-state index in [0.717, 1.165) is 0 Å². The van der Waals surface area contributed by atoms with Crippen LogP contribution in [0, 0.1) is 0 Å². The zero-order valence-corrected chi connectivity index (χ0v) is 8.11. The topological polar surface area (TPSA) is 69.7 Å². The molecule has 0 aliphatic carbocycles. The summed E-state index contributed by atoms with van der Waals surface area (Å²) >= 11 is 0. The lowest BCUT2D eigenvalue weighted by Gasteiger charge is -2.00. The van der Waals surface area contributed by atoms with Gasteiger partial charge in [-0.25, -0.2) is 4.79 Å². The van der Waals surface area contributed by atoms with Crippen molar-refractivity contribution < 1.29 is 23.9 Å². The third-order valence-electron chi connectivity index (χ3n) is 1.21. The van der Waals surface area contributed by atoms with Crippen molar-refractivity contribution >= 4 is 18.2 Å². The van der Waals surface area contributed by atoms with E-state index in [2.05, 4.69) is 4.74 Å². The quantitative estimate of drug-likeness (QED) is 0.213. The standard InChI is InChI=1S/C9H12O5/c1-3-13-6-7(2)9(12)14-8(11)4-5-10/h5-6H,3-4H2,1-2H3. The van der Waals surface area contributed by atoms with E-state index in [0.29, 0.717) is 12.9 Å². The maximum atomic E-state index is 11.0. The van der Waals surface area contributed by atoms with Crippen molar-refractivity contribution in [2.24, 2.45) is 0 Å². The van der Waals surface area contributed by atoms with Crippen molar-refractivity contribution in [3.63, 3.8) is 0 Å². The van der Waals surface area contributed by atoms with E-state index in [4.69, 9.17) is 4.74 Å². The molecule has 0 atom stereocenters. The van der Waals surface area contributed by atoms with Crippen LogP contribution in [0.3, 0.4) is 0 Å². The first-order chi connectivity index (χ1) is 6.61. The van der Waals surface area contributed by atoms with E-state index in [-0.39, 0.29) is 5.57 Å². The molecule has 0 aromatic rings. The highest BCUT2D eigenvalue weighted by molar-refractivity contribution is 5.98. The highest BCUT2D eigenvalue weighted by Gasteiger charge is 2.11. The predicted octanol–water partition coefficient (Wildman–Crippen LogP) is 0.585. The second-order valence-corrected chi connectivity index (χ2v) is 2.39. The Bertz CT molecular complexity index is 254. The zero-order valence-electron chi connectivity index (χ0n) is 8.11. The van der Waals surface area contributed by atoms with Gasteiger partial charge in [-0.05, 0) is 13.8 Å². The van der Waals surface area contributed by atoms with Crippen LogP contribution in [0.1, 0.15) is 20.3 Å². The van der Waals surface area contributed by atoms with Crippen LogP contribution in [0.4, 0.5) is 0 Å². The van der Waals surface area contributed by atoms with Gasteiger partial charge >= 0.3 is 11.9 Å². The number of esters is 2. The molecule has 0 fully saturated rings. The fraction of sp³-hybridized carbons (Fsp3) is 0.444. The minimum atomic E-state index is -0.866. The summed E-state index contributed by atoms with van der Waals surface area (Å²) in [7, 11) is 0. The molecule has 0 aromatic heterocycles. The maximum Gasteiger partial charge on any atom is 0.344 e. The van der Waals surface area contributed by atoms with E-state index in [9.17, 15) is 14.4 Å². The maximum absolute atomic E-state index is 11.0. The van der Waals surface area contributed by atoms with Crippen molar-refractivity contribution in [2.45, 2.75) is 20.3 Å². The van der Waals surface area contributed by atoms with Gasteiger partial charge in [-0.15, -0.1) is 0 Å². The lowest BCUT2D eigenvalue weighted by Crippen LogP contribution is -2.13. The fourth-order valence-electron chi connectivity index (χ4n) is 0.550. The van der Waals surface area contributed by atoms with Gasteiger partial charge in [0.15, 0.2) is 0 Å². The minimum Gasteiger partial charge on any atom is -0.501 e. The molecule has 0 amide bonds. The van der Waals surface area contributed by atoms with Gasteiger partial charge in [-0.2, -0.15) is 0 Å². The van der Waals surface area contributed by atoms with Crippen LogP contribution in [0.15, 0.2) is 11.8 Å². The number of rotatable bonds is 5. The van der Waals surface area contributed by atoms with Crippen molar-refractivity contribution in [3.05, 3.63) is 11.8 Å². The second kappa shape index (κ2) is 6.82. The first kappa shape index (κ1) is 12.3. The van der Waals surface area contributed by atoms with Crippen LogP contribution in [0.25, 0.3) is 0 Å². The van der Waals surface area contributed by atoms with Crippen molar-refractivity contribution in [2.75, 3.05) is 6.61 Å². The largest absolute Gasteiger partial charge is 0.501 e. The first-order valence-electron chi connectivity index (χ1n) is 4.08. The number of hydrogen-bond donors (Lipinski definition) is 0. The van der Waals surface area contributed by atoms with E-state index < -0.39 is 18.4 Å². The molecule has 0 heterocycles. The van der Waals surface area contributed by atoms with E-state index in [1.54, 1.807) is 6.92 Å². The SMILES string of the molecule is CCOC=C(C)C(=O)OC(=O)CC=O. The molecule has 78 valence electrons. The Morgan fingerprint density at radius 2 is 2.00 bits per heavy atom. The third-order valence-corrected chi connectivity index (χ3v) is 1.21. The summed E-state index contributed by atoms with van der Waals surface area (Å²) in [5.74, 6) is -1.67. The minimum absolute atomic E-state index is 0.172. The van der Waals surface area contributed by atoms with E-state index >= 15 is 0 Å². The molecule has 14 heavy (non-hydrogen) atoms. The Morgan fingerprint density at radius 1 is 1.36 bits per heavy atom. The lowest BCUT2D eigenvalue weighted by molar-refractivity contribution is -0.156. The van der Waals surface area contributed by atoms with Crippen molar-refractivity contribution in [3.8, 4) is 0 Å². The van der Waals surface area contributed by atoms with Crippen LogP contribution in [-0.4, -0.2) is 24.8 Å². The summed E-state index contributed by atoms with van der Waals surface area (Å²) in [6, 6.07) is 0. The number of aldehydes is 1. The summed E-state index contributed by atoms with van der Waals surface area (Å²) < 4.78 is 9.11. The molecule has 0 saturated carbocycles. The van der Waals surface area contributed by atoms with Crippen LogP contribution in [-0.2, 0) is 23.9 Å². The molecule has 0 saturated heterocycles. The molecule has 5 heteroatoms. The average Bonchev–Trinajstić information content (AvgIpc) is 2.14. The monoisotopic (exact) mass is 200 g/mol. The Hall–Kier alpha value is -1.65. The number of ether oxygens (including phenoxy) is 2. The van der Waals surface area contributed by atoms with Crippen molar-refractivity contribution in [1.82, 2.24) is 0 Å². The van der Waals surface area contributed by atoms with Gasteiger partial charge in [0.25, 0.3) is 0 Å². The fourth-order valence-corrected chi connectivity index (χ4v) is 0.550. The highest BCUT2D eigenvalue weighted by atomic mass is 16.6. The van der Waals surface area contributed by atoms with Crippen molar-refractivity contribution in [1.29, 1.82) is 0 Å². The van der Waals surface area contributed by atoms with E-state index in [1.807, 2.05) is 0 Å². The summed E-state index contributed by atoms with van der Waals surface area (Å²) in [6.45, 7) is 3.63. The third kappa shape index (κ3) is 5.08. The van der Waals surface area contributed by atoms with Gasteiger partial charge in [0, 0.05) is 0 Å². The molecule has 0 aromatic carbocycles. The van der Waals surface area contributed by atoms with Crippen LogP contribution >= 0.6 is 0 Å². The normalized spacial score (nSPS) is 10.6. The lowest BCUT2D eigenvalue weighted by atomic mass is 10.3. The molecule has 0 bridgehead atoms. The van der Waals surface area contributed by atoms with Gasteiger partial charge in [-0.3, -0.25) is 4.79 Å². The molecule has 0 unspecified atom stereocenters. The summed E-state index contributed by atoms with van der Waals surface area (Å²) in [4.78, 5) is 31.6. The summed E-state index contributed by atoms with van der Waals surface area (Å²) in [5.41, 5.74) is 0.172. The van der Waals surface area contributed by atoms with Gasteiger partial charge in [0.2, 0.25) is 0 Å². The Balaban J connectivity index is 4.07. The zero-order chi connectivity index (χ0) is 11.0. The molecular weight excluding hydrogens is 188 g/mol. The van der Waals surface area contributed by atoms with Gasteiger partial charge < -0.3 is 14.3 Å². The summed E-state index contributed by atoms with van der Waals surface area (Å²) in [5, 5.41) is 0. The molecule has 0 aliphatic heterocycles. The van der Waals surface area contributed by atoms with Gasteiger partial charge in [-0.1, -0.05) is 0 Å². The van der Waals surface area contributed by atoms with E-state index in [1.165, 1.54) is 13.2 Å². The Kier molecular flexibility index (Phi) is 6.02. The Labute approximate surface area is 81.7 Å². The molecule has 0 aliphatic rings. The van der Waals surface area contributed by atoms with Crippen LogP contribution < -0.4 is 0 Å². The van der Waals surface area contributed by atoms with Gasteiger partial charge in [0.05, 0.1) is 18.4 Å². The molecule has 5 nitrogen and oxygen atoms in total. The molecular formula is C9H12O5. The number of hydrogen-bond acceptors (Lipinski definition) is 5. The smallest absolute Gasteiger partial charge is 0.344 e. The Morgan fingerprint density at radius 3 is 2.50 bits per heavy atom. The second-order valence-electron chi connectivity index (χ2n) is 2.39. The highest BCUT2D eigenvalue weighted by Crippen LogP contribution is 1.98. The number of carbonyl (C=O) groups excluding carboxylic acids is 3. The predicted molar refractivity (Wildman–Crippen MR) is 47.2 cm³/mol. The molecule has 0 radical (unpaired) electrons. The average molecular weight is 200 g/mol. The van der Waals surface area contributed by atoms with Crippen LogP contribution in [0.5, 0.6) is 0 Å². The molecule has 0 N–H and O–H groups in total. The van der Waals surface area contributed by atoms with Gasteiger partial charge in [0.1, 0.15) is 12.7 Å². The first-order valence-corrected chi connectivity index (χ1v) is 4.08. The van der Waals surface area contributed by atoms with Crippen LogP contribution in [0.2, 0.25) is 0 Å². The molecule has 0 spiro atoms. The number of carbonyl (C=O) groups is 3. The summed E-state index contributed by atoms with van der Waals surface area (Å²) in [6.07, 6.45) is 1.15.